The summed E-state index contributed by atoms with van der Waals surface area (Å²) >= 11 is 6.36. The summed E-state index contributed by atoms with van der Waals surface area (Å²) < 4.78 is 11.2. The van der Waals surface area contributed by atoms with E-state index in [1.165, 1.54) is 42.7 Å². The van der Waals surface area contributed by atoms with E-state index in [-0.39, 0.29) is 23.6 Å². The maximum atomic E-state index is 11.5. The third kappa shape index (κ3) is 8.48. The highest BCUT2D eigenvalue weighted by molar-refractivity contribution is 9.10. The largest absolute Gasteiger partial charge is 0.514 e. The zero-order valence-corrected chi connectivity index (χ0v) is 18.6. The molecular weight excluding hydrogens is 542 g/mol. The molecule has 12 heteroatoms. The fourth-order valence-corrected chi connectivity index (χ4v) is 2.74. The molecule has 3 rings (SSSR count). The van der Waals surface area contributed by atoms with Gasteiger partial charge in [-0.15, -0.1) is 0 Å². The number of nitro groups is 1. The molecular formula is C19H13Br2N3O7. The van der Waals surface area contributed by atoms with Crippen LogP contribution >= 0.6 is 31.9 Å². The third-order valence-corrected chi connectivity index (χ3v) is 4.19. The Balaban J connectivity index is 0.000000285. The molecule has 0 atom stereocenters. The number of pyridine rings is 2. The Morgan fingerprint density at radius 3 is 2.13 bits per heavy atom. The van der Waals surface area contributed by atoms with Crippen LogP contribution in [0.2, 0.25) is 0 Å². The molecule has 0 saturated heterocycles. The van der Waals surface area contributed by atoms with Gasteiger partial charge in [-0.2, -0.15) is 0 Å². The molecule has 0 fully saturated rings. The van der Waals surface area contributed by atoms with Crippen LogP contribution in [0.25, 0.3) is 0 Å². The van der Waals surface area contributed by atoms with Crippen molar-refractivity contribution in [1.29, 1.82) is 0 Å². The van der Waals surface area contributed by atoms with Gasteiger partial charge in [-0.1, -0.05) is 0 Å². The molecule has 0 unspecified atom stereocenters. The number of carboxylic acids is 1. The van der Waals surface area contributed by atoms with Crippen molar-refractivity contribution >= 4 is 49.7 Å². The van der Waals surface area contributed by atoms with Gasteiger partial charge in [0, 0.05) is 51.4 Å². The van der Waals surface area contributed by atoms with E-state index in [2.05, 4.69) is 41.8 Å². The minimum atomic E-state index is -0.964. The number of carbonyl (C=O) groups excluding carboxylic acids is 1. The molecule has 1 N–H and O–H groups in total. The molecule has 2 aromatic heterocycles. The highest BCUT2D eigenvalue weighted by atomic mass is 79.9. The summed E-state index contributed by atoms with van der Waals surface area (Å²) in [6.45, 7) is 0.0122. The van der Waals surface area contributed by atoms with Crippen LogP contribution in [0, 0.1) is 10.1 Å². The third-order valence-electron chi connectivity index (χ3n) is 3.32. The molecule has 10 nitrogen and oxygen atoms in total. The van der Waals surface area contributed by atoms with Gasteiger partial charge in [0.25, 0.3) is 5.69 Å². The number of nitrogens with zero attached hydrogens (tertiary/aromatic N) is 3. The lowest BCUT2D eigenvalue weighted by atomic mass is 10.3. The van der Waals surface area contributed by atoms with E-state index >= 15 is 0 Å². The van der Waals surface area contributed by atoms with E-state index in [9.17, 15) is 19.7 Å². The van der Waals surface area contributed by atoms with Crippen molar-refractivity contribution < 1.29 is 29.1 Å². The first-order chi connectivity index (χ1) is 14.7. The lowest BCUT2D eigenvalue weighted by Gasteiger charge is -2.05. The number of benzene rings is 1. The summed E-state index contributed by atoms with van der Waals surface area (Å²) in [5, 5.41) is 18.9. The number of aromatic carboxylic acids is 1. The number of ether oxygens (including phenoxy) is 2. The van der Waals surface area contributed by atoms with Gasteiger partial charge in [-0.3, -0.25) is 20.1 Å². The highest BCUT2D eigenvalue weighted by Gasteiger charge is 2.09. The highest BCUT2D eigenvalue weighted by Crippen LogP contribution is 2.18. The summed E-state index contributed by atoms with van der Waals surface area (Å²) in [6, 6.07) is 8.36. The Bertz CT molecular complexity index is 1080. The van der Waals surface area contributed by atoms with Gasteiger partial charge in [-0.25, -0.2) is 9.59 Å². The fraction of sp³-hybridized carbons (Fsp3) is 0.0526. The first kappa shape index (κ1) is 23.9. The molecule has 1 aromatic carbocycles. The smallest absolute Gasteiger partial charge is 0.478 e. The molecule has 0 bridgehead atoms. The van der Waals surface area contributed by atoms with Gasteiger partial charge in [0.15, 0.2) is 0 Å². The first-order valence-corrected chi connectivity index (χ1v) is 9.85. The number of rotatable bonds is 5. The number of nitro benzene ring substituents is 1. The van der Waals surface area contributed by atoms with Crippen molar-refractivity contribution in [2.75, 3.05) is 0 Å². The molecule has 3 aromatic rings. The number of non-ortho nitro benzene ring substituents is 1. The van der Waals surface area contributed by atoms with Crippen LogP contribution in [0.15, 0.2) is 70.1 Å². The number of carbonyl (C=O) groups is 2. The second kappa shape index (κ2) is 11.7. The number of halogens is 2. The molecule has 0 spiro atoms. The van der Waals surface area contributed by atoms with E-state index in [1.807, 2.05) is 0 Å². The SMILES string of the molecule is O=C(O)c1cncc(Br)c1.O=C(OCc1cncc(Br)c1)Oc1ccc([N+](=O)[O-])cc1. The zero-order valence-electron chi connectivity index (χ0n) is 15.5. The maximum Gasteiger partial charge on any atom is 0.514 e. The van der Waals surface area contributed by atoms with Gasteiger partial charge in [0.1, 0.15) is 12.4 Å². The fourth-order valence-electron chi connectivity index (χ4n) is 1.97. The van der Waals surface area contributed by atoms with Crippen LogP contribution in [0.1, 0.15) is 15.9 Å². The van der Waals surface area contributed by atoms with Crippen molar-refractivity contribution in [1.82, 2.24) is 9.97 Å². The van der Waals surface area contributed by atoms with Crippen LogP contribution in [0.3, 0.4) is 0 Å². The lowest BCUT2D eigenvalue weighted by Crippen LogP contribution is -2.10. The van der Waals surface area contributed by atoms with Crippen molar-refractivity contribution in [3.05, 3.63) is 91.4 Å². The second-order valence-electron chi connectivity index (χ2n) is 5.60. The Hall–Kier alpha value is -3.38. The average molecular weight is 555 g/mol. The van der Waals surface area contributed by atoms with E-state index in [4.69, 9.17) is 14.6 Å². The molecule has 0 aliphatic carbocycles. The molecule has 160 valence electrons. The van der Waals surface area contributed by atoms with Crippen LogP contribution in [0.5, 0.6) is 5.75 Å². The Morgan fingerprint density at radius 2 is 1.61 bits per heavy atom. The summed E-state index contributed by atoms with van der Waals surface area (Å²) in [7, 11) is 0. The first-order valence-electron chi connectivity index (χ1n) is 8.27. The van der Waals surface area contributed by atoms with Gasteiger partial charge in [-0.05, 0) is 56.1 Å². The molecule has 0 saturated carbocycles. The van der Waals surface area contributed by atoms with Gasteiger partial charge in [0.2, 0.25) is 0 Å². The summed E-state index contributed by atoms with van der Waals surface area (Å²) in [5.41, 5.74) is 0.801. The zero-order chi connectivity index (χ0) is 22.8. The summed E-state index contributed by atoms with van der Waals surface area (Å²) in [4.78, 5) is 39.3. The maximum absolute atomic E-state index is 11.5. The Morgan fingerprint density at radius 1 is 1.00 bits per heavy atom. The normalized spacial score (nSPS) is 9.74. The molecule has 0 aliphatic rings. The van der Waals surface area contributed by atoms with Crippen molar-refractivity contribution in [2.24, 2.45) is 0 Å². The standard InChI is InChI=1S/C13H9BrN2O5.C6H4BrNO2/c14-10-5-9(6-15-7-10)8-20-13(17)21-12-3-1-11(2-4-12)16(18)19;7-5-1-4(6(9)10)2-8-3-5/h1-7H,8H2;1-3H,(H,9,10). The van der Waals surface area contributed by atoms with Crippen molar-refractivity contribution in [3.8, 4) is 5.75 Å². The van der Waals surface area contributed by atoms with Crippen LogP contribution in [0.4, 0.5) is 10.5 Å². The predicted molar refractivity (Wildman–Crippen MR) is 115 cm³/mol. The molecule has 31 heavy (non-hydrogen) atoms. The Kier molecular flexibility index (Phi) is 9.03. The van der Waals surface area contributed by atoms with Crippen LogP contribution in [-0.4, -0.2) is 32.1 Å². The van der Waals surface area contributed by atoms with Crippen molar-refractivity contribution in [3.63, 3.8) is 0 Å². The Labute approximate surface area is 192 Å². The number of hydrogen-bond donors (Lipinski definition) is 1. The van der Waals surface area contributed by atoms with Crippen molar-refractivity contribution in [2.45, 2.75) is 6.61 Å². The van der Waals surface area contributed by atoms with E-state index in [0.717, 1.165) is 4.47 Å². The van der Waals surface area contributed by atoms with Crippen LogP contribution in [-0.2, 0) is 11.3 Å². The van der Waals surface area contributed by atoms with Gasteiger partial charge in [0.05, 0.1) is 10.5 Å². The molecule has 2 heterocycles. The van der Waals surface area contributed by atoms with Gasteiger partial charge < -0.3 is 14.6 Å². The predicted octanol–water partition coefficient (Wildman–Crippen LogP) is 5.01. The number of hydrogen-bond acceptors (Lipinski definition) is 8. The number of aromatic nitrogens is 2. The lowest BCUT2D eigenvalue weighted by molar-refractivity contribution is -0.384. The molecule has 0 aliphatic heterocycles. The quantitative estimate of drug-likeness (QED) is 0.199. The van der Waals surface area contributed by atoms with E-state index in [0.29, 0.717) is 10.0 Å². The minimum absolute atomic E-state index is 0.0122. The second-order valence-corrected chi connectivity index (χ2v) is 7.43. The summed E-state index contributed by atoms with van der Waals surface area (Å²) in [6.07, 6.45) is 5.10. The van der Waals surface area contributed by atoms with E-state index < -0.39 is 17.0 Å². The average Bonchev–Trinajstić information content (AvgIpc) is 2.73. The topological polar surface area (TPSA) is 142 Å². The monoisotopic (exact) mass is 553 g/mol. The number of carboxylic acid groups (broad SMARTS) is 1. The summed E-state index contributed by atoms with van der Waals surface area (Å²) in [5.74, 6) is -0.799. The van der Waals surface area contributed by atoms with Crippen LogP contribution < -0.4 is 4.74 Å². The molecule has 0 amide bonds. The van der Waals surface area contributed by atoms with Gasteiger partial charge >= 0.3 is 12.1 Å². The molecule has 0 radical (unpaired) electrons. The minimum Gasteiger partial charge on any atom is -0.478 e. The van der Waals surface area contributed by atoms with E-state index in [1.54, 1.807) is 18.5 Å².